The number of halogens is 3. The number of unbranched alkanes of at least 4 members (excludes halogenated alkanes) is 1. The fourth-order valence-electron chi connectivity index (χ4n) is 2.28. The molecule has 6 nitrogen and oxygen atoms in total. The minimum Gasteiger partial charge on any atom is -0.329 e. The van der Waals surface area contributed by atoms with Crippen molar-refractivity contribution >= 4 is 10.0 Å². The van der Waals surface area contributed by atoms with Crippen molar-refractivity contribution in [1.29, 1.82) is 0 Å². The number of benzene rings is 1. The van der Waals surface area contributed by atoms with Crippen LogP contribution in [-0.2, 0) is 22.7 Å². The lowest BCUT2D eigenvalue weighted by Crippen LogP contribution is -2.32. The van der Waals surface area contributed by atoms with Gasteiger partial charge in [-0.25, -0.2) is 8.42 Å². The third kappa shape index (κ3) is 5.04. The Morgan fingerprint density at radius 1 is 1.15 bits per heavy atom. The van der Waals surface area contributed by atoms with Gasteiger partial charge in [-0.2, -0.15) is 22.5 Å². The number of aromatic nitrogens is 2. The maximum absolute atomic E-state index is 12.5. The van der Waals surface area contributed by atoms with Gasteiger partial charge in [0.25, 0.3) is 0 Å². The van der Waals surface area contributed by atoms with Crippen LogP contribution in [0, 0.1) is 0 Å². The minimum absolute atomic E-state index is 0.0957. The molecule has 0 fully saturated rings. The topological polar surface area (TPSA) is 76.3 Å². The van der Waals surface area contributed by atoms with Crippen LogP contribution in [-0.4, -0.2) is 35.2 Å². The number of alkyl halides is 3. The molecule has 0 saturated carbocycles. The van der Waals surface area contributed by atoms with Gasteiger partial charge in [0, 0.05) is 18.7 Å². The summed E-state index contributed by atoms with van der Waals surface area (Å²) in [5, 5.41) is 3.32. The number of hydrogen-bond acceptors (Lipinski definition) is 5. The first-order valence-corrected chi connectivity index (χ1v) is 9.76. The number of sulfonamides is 1. The van der Waals surface area contributed by atoms with Gasteiger partial charge in [-0.1, -0.05) is 49.7 Å². The second-order valence-electron chi connectivity index (χ2n) is 5.71. The van der Waals surface area contributed by atoms with E-state index in [-0.39, 0.29) is 18.1 Å². The molecule has 0 aliphatic rings. The molecule has 0 aliphatic carbocycles. The Morgan fingerprint density at radius 3 is 2.31 bits per heavy atom. The molecule has 0 atom stereocenters. The van der Waals surface area contributed by atoms with E-state index in [1.807, 2.05) is 6.92 Å². The average molecular weight is 391 g/mol. The van der Waals surface area contributed by atoms with Crippen LogP contribution in [0.5, 0.6) is 0 Å². The van der Waals surface area contributed by atoms with Crippen LogP contribution in [0.3, 0.4) is 0 Å². The van der Waals surface area contributed by atoms with E-state index in [0.717, 1.165) is 12.0 Å². The monoisotopic (exact) mass is 391 g/mol. The van der Waals surface area contributed by atoms with Crippen LogP contribution in [0.25, 0.3) is 11.4 Å². The van der Waals surface area contributed by atoms with Gasteiger partial charge in [0.15, 0.2) is 0 Å². The molecular formula is C16H20F3N3O3S. The SMILES string of the molecule is CCCCS(=O)(=O)N(CC)Cc1ccc(-c2noc(C(F)(F)F)n2)cc1. The third-order valence-corrected chi connectivity index (χ3v) is 5.72. The minimum atomic E-state index is -4.69. The molecule has 1 aromatic carbocycles. The quantitative estimate of drug-likeness (QED) is 0.686. The fourth-order valence-corrected chi connectivity index (χ4v) is 3.93. The lowest BCUT2D eigenvalue weighted by Gasteiger charge is -2.20. The number of nitrogens with zero attached hydrogens (tertiary/aromatic N) is 3. The van der Waals surface area contributed by atoms with E-state index in [9.17, 15) is 21.6 Å². The van der Waals surface area contributed by atoms with Gasteiger partial charge in [-0.15, -0.1) is 0 Å². The summed E-state index contributed by atoms with van der Waals surface area (Å²) in [5.41, 5.74) is 1.07. The van der Waals surface area contributed by atoms with E-state index in [1.165, 1.54) is 16.4 Å². The molecule has 0 radical (unpaired) electrons. The first kappa shape index (κ1) is 20.4. The summed E-state index contributed by atoms with van der Waals surface area (Å²) in [6.07, 6.45) is -3.31. The highest BCUT2D eigenvalue weighted by Crippen LogP contribution is 2.29. The zero-order valence-corrected chi connectivity index (χ0v) is 15.3. The van der Waals surface area contributed by atoms with E-state index in [4.69, 9.17) is 0 Å². The lowest BCUT2D eigenvalue weighted by molar-refractivity contribution is -0.159. The fraction of sp³-hybridized carbons (Fsp3) is 0.500. The molecule has 0 amide bonds. The Bertz CT molecular complexity index is 817. The van der Waals surface area contributed by atoms with Crippen molar-refractivity contribution < 1.29 is 26.1 Å². The molecule has 10 heteroatoms. The smallest absolute Gasteiger partial charge is 0.329 e. The van der Waals surface area contributed by atoms with Crippen LogP contribution in [0.2, 0.25) is 0 Å². The highest BCUT2D eigenvalue weighted by atomic mass is 32.2. The summed E-state index contributed by atoms with van der Waals surface area (Å²) in [6.45, 7) is 4.22. The molecule has 0 spiro atoms. The second kappa shape index (κ2) is 8.17. The maximum Gasteiger partial charge on any atom is 0.471 e. The average Bonchev–Trinajstić information content (AvgIpc) is 3.08. The van der Waals surface area contributed by atoms with Crippen LogP contribution in [0.15, 0.2) is 28.8 Å². The Kier molecular flexibility index (Phi) is 6.40. The molecule has 0 N–H and O–H groups in total. The predicted octanol–water partition coefficient (Wildman–Crippen LogP) is 3.71. The normalized spacial score (nSPS) is 12.7. The van der Waals surface area contributed by atoms with Crippen molar-refractivity contribution in [1.82, 2.24) is 14.4 Å². The zero-order chi connectivity index (χ0) is 19.4. The van der Waals surface area contributed by atoms with Crippen molar-refractivity contribution in [3.63, 3.8) is 0 Å². The Hall–Kier alpha value is -1.94. The van der Waals surface area contributed by atoms with Gasteiger partial charge in [-0.05, 0) is 12.0 Å². The summed E-state index contributed by atoms with van der Waals surface area (Å²) >= 11 is 0. The molecule has 2 aromatic rings. The predicted molar refractivity (Wildman–Crippen MR) is 89.5 cm³/mol. The van der Waals surface area contributed by atoms with Crippen molar-refractivity contribution in [2.24, 2.45) is 0 Å². The van der Waals surface area contributed by atoms with Gasteiger partial charge in [0.1, 0.15) is 0 Å². The lowest BCUT2D eigenvalue weighted by atomic mass is 10.1. The molecule has 0 bridgehead atoms. The summed E-state index contributed by atoms with van der Waals surface area (Å²) in [5.74, 6) is -1.49. The maximum atomic E-state index is 12.5. The van der Waals surface area contributed by atoms with E-state index >= 15 is 0 Å². The number of hydrogen-bond donors (Lipinski definition) is 0. The summed E-state index contributed by atoms with van der Waals surface area (Å²) < 4.78 is 67.7. The van der Waals surface area contributed by atoms with Crippen LogP contribution >= 0.6 is 0 Å². The van der Waals surface area contributed by atoms with E-state index in [0.29, 0.717) is 18.5 Å². The number of rotatable bonds is 8. The van der Waals surface area contributed by atoms with Crippen molar-refractivity contribution in [2.45, 2.75) is 39.4 Å². The second-order valence-corrected chi connectivity index (χ2v) is 7.80. The Labute approximate surface area is 150 Å². The van der Waals surface area contributed by atoms with Gasteiger partial charge in [0.2, 0.25) is 15.8 Å². The molecule has 0 saturated heterocycles. The van der Waals surface area contributed by atoms with E-state index in [2.05, 4.69) is 14.7 Å². The molecular weight excluding hydrogens is 371 g/mol. The van der Waals surface area contributed by atoms with Gasteiger partial charge >= 0.3 is 12.1 Å². The van der Waals surface area contributed by atoms with Crippen molar-refractivity contribution in [3.8, 4) is 11.4 Å². The highest BCUT2D eigenvalue weighted by molar-refractivity contribution is 7.89. The molecule has 0 unspecified atom stereocenters. The van der Waals surface area contributed by atoms with Crippen molar-refractivity contribution in [3.05, 3.63) is 35.7 Å². The van der Waals surface area contributed by atoms with Crippen LogP contribution < -0.4 is 0 Å². The van der Waals surface area contributed by atoms with E-state index in [1.54, 1.807) is 19.1 Å². The Balaban J connectivity index is 2.12. The first-order valence-electron chi connectivity index (χ1n) is 8.15. The summed E-state index contributed by atoms with van der Waals surface area (Å²) in [7, 11) is -3.34. The molecule has 144 valence electrons. The first-order chi connectivity index (χ1) is 12.2. The molecule has 26 heavy (non-hydrogen) atoms. The van der Waals surface area contributed by atoms with Crippen molar-refractivity contribution in [2.75, 3.05) is 12.3 Å². The third-order valence-electron chi connectivity index (χ3n) is 3.74. The Morgan fingerprint density at radius 2 is 1.81 bits per heavy atom. The van der Waals surface area contributed by atoms with Gasteiger partial charge in [-0.3, -0.25) is 0 Å². The molecule has 0 aliphatic heterocycles. The summed E-state index contributed by atoms with van der Waals surface area (Å²) in [6, 6.07) is 6.34. The largest absolute Gasteiger partial charge is 0.471 e. The molecule has 1 aromatic heterocycles. The highest BCUT2D eigenvalue weighted by Gasteiger charge is 2.38. The van der Waals surface area contributed by atoms with Crippen LogP contribution in [0.1, 0.15) is 38.1 Å². The molecule has 1 heterocycles. The zero-order valence-electron chi connectivity index (χ0n) is 14.5. The standard InChI is InChI=1S/C16H20F3N3O3S/c1-3-5-10-26(23,24)22(4-2)11-12-6-8-13(9-7-12)14-20-15(25-21-14)16(17,18)19/h6-9H,3-5,10-11H2,1-2H3. The van der Waals surface area contributed by atoms with E-state index < -0.39 is 22.1 Å². The van der Waals surface area contributed by atoms with Gasteiger partial charge in [0.05, 0.1) is 5.75 Å². The molecule has 2 rings (SSSR count). The summed E-state index contributed by atoms with van der Waals surface area (Å²) in [4.78, 5) is 3.32. The van der Waals surface area contributed by atoms with Gasteiger partial charge < -0.3 is 4.52 Å². The van der Waals surface area contributed by atoms with Crippen LogP contribution in [0.4, 0.5) is 13.2 Å².